The van der Waals surface area contributed by atoms with Crippen LogP contribution in [0.5, 0.6) is 17.2 Å². The van der Waals surface area contributed by atoms with Crippen LogP contribution in [0.2, 0.25) is 0 Å². The van der Waals surface area contributed by atoms with Crippen molar-refractivity contribution >= 4 is 12.0 Å². The zero-order chi connectivity index (χ0) is 19.9. The van der Waals surface area contributed by atoms with Gasteiger partial charge in [-0.25, -0.2) is 0 Å². The highest BCUT2D eigenvalue weighted by Gasteiger charge is 2.19. The molecule has 28 heavy (non-hydrogen) atoms. The van der Waals surface area contributed by atoms with Gasteiger partial charge in [-0.15, -0.1) is 0 Å². The molecular formula is C22H26N2O4. The predicted molar refractivity (Wildman–Crippen MR) is 109 cm³/mol. The number of carbonyl (C=O) groups excluding carboxylic acids is 1. The monoisotopic (exact) mass is 382 g/mol. The van der Waals surface area contributed by atoms with Gasteiger partial charge in [0, 0.05) is 38.8 Å². The highest BCUT2D eigenvalue weighted by atomic mass is 16.5. The third-order valence-electron chi connectivity index (χ3n) is 4.85. The van der Waals surface area contributed by atoms with Gasteiger partial charge in [0.25, 0.3) is 0 Å². The second-order valence-electron chi connectivity index (χ2n) is 6.72. The Kier molecular flexibility index (Phi) is 6.55. The zero-order valence-electron chi connectivity index (χ0n) is 16.3. The zero-order valence-corrected chi connectivity index (χ0v) is 16.3. The summed E-state index contributed by atoms with van der Waals surface area (Å²) in [6, 6.07) is 13.1. The lowest BCUT2D eigenvalue weighted by Gasteiger charge is -2.34. The molecule has 148 valence electrons. The number of ether oxygens (including phenoxy) is 2. The van der Waals surface area contributed by atoms with E-state index in [-0.39, 0.29) is 11.7 Å². The molecule has 1 fully saturated rings. The van der Waals surface area contributed by atoms with Gasteiger partial charge in [-0.1, -0.05) is 18.2 Å². The maximum atomic E-state index is 12.5. The Balaban J connectivity index is 1.52. The molecule has 1 saturated heterocycles. The Morgan fingerprint density at radius 3 is 2.57 bits per heavy atom. The average Bonchev–Trinajstić information content (AvgIpc) is 2.73. The van der Waals surface area contributed by atoms with Gasteiger partial charge < -0.3 is 19.5 Å². The number of aromatic hydroxyl groups is 1. The molecule has 0 saturated carbocycles. The first kappa shape index (κ1) is 19.8. The summed E-state index contributed by atoms with van der Waals surface area (Å²) < 4.78 is 10.4. The summed E-state index contributed by atoms with van der Waals surface area (Å²) in [4.78, 5) is 16.7. The van der Waals surface area contributed by atoms with Crippen LogP contribution in [0.15, 0.2) is 48.5 Å². The molecular weight excluding hydrogens is 356 g/mol. The van der Waals surface area contributed by atoms with E-state index in [0.29, 0.717) is 18.8 Å². The molecule has 6 nitrogen and oxygen atoms in total. The summed E-state index contributed by atoms with van der Waals surface area (Å²) in [5.74, 6) is 1.33. The van der Waals surface area contributed by atoms with Gasteiger partial charge in [-0.2, -0.15) is 0 Å². The molecule has 0 radical (unpaired) electrons. The first-order valence-corrected chi connectivity index (χ1v) is 9.28. The number of amides is 1. The van der Waals surface area contributed by atoms with Crippen molar-refractivity contribution in [1.82, 2.24) is 9.80 Å². The molecule has 2 aromatic carbocycles. The number of methoxy groups -OCH3 is 2. The van der Waals surface area contributed by atoms with Crippen LogP contribution in [0.1, 0.15) is 11.1 Å². The molecule has 0 aromatic heterocycles. The van der Waals surface area contributed by atoms with Crippen LogP contribution >= 0.6 is 0 Å². The number of hydrogen-bond donors (Lipinski definition) is 1. The Morgan fingerprint density at radius 2 is 1.86 bits per heavy atom. The van der Waals surface area contributed by atoms with Crippen LogP contribution in [0, 0.1) is 0 Å². The molecule has 1 heterocycles. The topological polar surface area (TPSA) is 62.2 Å². The van der Waals surface area contributed by atoms with Gasteiger partial charge in [-0.3, -0.25) is 9.69 Å². The second-order valence-corrected chi connectivity index (χ2v) is 6.72. The van der Waals surface area contributed by atoms with E-state index >= 15 is 0 Å². The smallest absolute Gasteiger partial charge is 0.246 e. The number of nitrogens with zero attached hydrogens (tertiary/aromatic N) is 2. The van der Waals surface area contributed by atoms with Crippen LogP contribution in [0.3, 0.4) is 0 Å². The van der Waals surface area contributed by atoms with E-state index in [1.54, 1.807) is 37.5 Å². The van der Waals surface area contributed by atoms with Gasteiger partial charge in [0.2, 0.25) is 5.91 Å². The van der Waals surface area contributed by atoms with Crippen molar-refractivity contribution in [2.24, 2.45) is 0 Å². The predicted octanol–water partition coefficient (Wildman–Crippen LogP) is 2.77. The lowest BCUT2D eigenvalue weighted by atomic mass is 10.1. The fraction of sp³-hybridized carbons (Fsp3) is 0.318. The van der Waals surface area contributed by atoms with Crippen molar-refractivity contribution in [3.05, 3.63) is 59.7 Å². The minimum atomic E-state index is -0.00641. The minimum absolute atomic E-state index is 0.00641. The van der Waals surface area contributed by atoms with E-state index in [9.17, 15) is 9.90 Å². The fourth-order valence-corrected chi connectivity index (χ4v) is 3.23. The average molecular weight is 382 g/mol. The number of phenolic OH excluding ortho intramolecular Hbond substituents is 1. The largest absolute Gasteiger partial charge is 0.504 e. The molecule has 6 heteroatoms. The summed E-state index contributed by atoms with van der Waals surface area (Å²) in [5.41, 5.74) is 2.01. The number of hydrogen-bond acceptors (Lipinski definition) is 5. The van der Waals surface area contributed by atoms with E-state index in [2.05, 4.69) is 11.0 Å². The molecule has 1 aliphatic rings. The molecule has 0 unspecified atom stereocenters. The van der Waals surface area contributed by atoms with Gasteiger partial charge in [0.15, 0.2) is 11.5 Å². The molecule has 3 rings (SSSR count). The standard InChI is InChI=1S/C22H26N2O4/c1-27-19-5-3-4-18(14-19)16-23-10-12-24(13-11-23)22(26)9-7-17-6-8-20(25)21(15-17)28-2/h3-9,14-15,25H,10-13,16H2,1-2H3/b9-7+. The van der Waals surface area contributed by atoms with Crippen LogP contribution in [0.4, 0.5) is 0 Å². The van der Waals surface area contributed by atoms with Gasteiger partial charge >= 0.3 is 0 Å². The SMILES string of the molecule is COc1cccc(CN2CCN(C(=O)/C=C/c3ccc(O)c(OC)c3)CC2)c1. The van der Waals surface area contributed by atoms with Gasteiger partial charge in [0.05, 0.1) is 14.2 Å². The number of carbonyl (C=O) groups is 1. The number of piperazine rings is 1. The summed E-state index contributed by atoms with van der Waals surface area (Å²) >= 11 is 0. The molecule has 0 aliphatic carbocycles. The highest BCUT2D eigenvalue weighted by molar-refractivity contribution is 5.92. The molecule has 0 bridgehead atoms. The second kappa shape index (κ2) is 9.28. The van der Waals surface area contributed by atoms with Gasteiger partial charge in [-0.05, 0) is 41.5 Å². The Morgan fingerprint density at radius 1 is 1.07 bits per heavy atom. The van der Waals surface area contributed by atoms with E-state index in [4.69, 9.17) is 9.47 Å². The number of phenols is 1. The Hall–Kier alpha value is -2.99. The van der Waals surface area contributed by atoms with E-state index < -0.39 is 0 Å². The number of rotatable bonds is 6. The van der Waals surface area contributed by atoms with Crippen molar-refractivity contribution in [2.75, 3.05) is 40.4 Å². The normalized spacial score (nSPS) is 15.0. The van der Waals surface area contributed by atoms with Crippen LogP contribution in [-0.2, 0) is 11.3 Å². The van der Waals surface area contributed by atoms with Crippen LogP contribution in [0.25, 0.3) is 6.08 Å². The number of benzene rings is 2. The molecule has 0 spiro atoms. The molecule has 1 N–H and O–H groups in total. The first-order valence-electron chi connectivity index (χ1n) is 9.28. The maximum Gasteiger partial charge on any atom is 0.246 e. The van der Waals surface area contributed by atoms with E-state index in [0.717, 1.165) is 30.9 Å². The summed E-state index contributed by atoms with van der Waals surface area (Å²) in [6.07, 6.45) is 3.32. The fourth-order valence-electron chi connectivity index (χ4n) is 3.23. The van der Waals surface area contributed by atoms with Crippen LogP contribution < -0.4 is 9.47 Å². The van der Waals surface area contributed by atoms with Gasteiger partial charge in [0.1, 0.15) is 5.75 Å². The molecule has 2 aromatic rings. The Bertz CT molecular complexity index is 842. The van der Waals surface area contributed by atoms with Crippen molar-refractivity contribution in [1.29, 1.82) is 0 Å². The summed E-state index contributed by atoms with van der Waals surface area (Å²) in [7, 11) is 3.17. The van der Waals surface area contributed by atoms with Crippen molar-refractivity contribution < 1.29 is 19.4 Å². The third kappa shape index (κ3) is 5.04. The summed E-state index contributed by atoms with van der Waals surface area (Å²) in [5, 5.41) is 9.64. The highest BCUT2D eigenvalue weighted by Crippen LogP contribution is 2.26. The Labute approximate surface area is 165 Å². The first-order chi connectivity index (χ1) is 13.6. The lowest BCUT2D eigenvalue weighted by Crippen LogP contribution is -2.47. The van der Waals surface area contributed by atoms with Crippen molar-refractivity contribution in [2.45, 2.75) is 6.54 Å². The minimum Gasteiger partial charge on any atom is -0.504 e. The maximum absolute atomic E-state index is 12.5. The van der Waals surface area contributed by atoms with Crippen molar-refractivity contribution in [3.63, 3.8) is 0 Å². The summed E-state index contributed by atoms with van der Waals surface area (Å²) in [6.45, 7) is 3.92. The lowest BCUT2D eigenvalue weighted by molar-refractivity contribution is -0.127. The quantitative estimate of drug-likeness (QED) is 0.779. The molecule has 1 aliphatic heterocycles. The third-order valence-corrected chi connectivity index (χ3v) is 4.85. The van der Waals surface area contributed by atoms with E-state index in [1.807, 2.05) is 23.1 Å². The van der Waals surface area contributed by atoms with Crippen molar-refractivity contribution in [3.8, 4) is 17.2 Å². The van der Waals surface area contributed by atoms with E-state index in [1.165, 1.54) is 12.7 Å². The molecule has 1 amide bonds. The van der Waals surface area contributed by atoms with Crippen LogP contribution in [-0.4, -0.2) is 61.2 Å². The molecule has 0 atom stereocenters.